The van der Waals surface area contributed by atoms with Crippen LogP contribution in [0, 0.1) is 0 Å². The summed E-state index contributed by atoms with van der Waals surface area (Å²) >= 11 is 0. The maximum Gasteiger partial charge on any atom is 0.144 e. The van der Waals surface area contributed by atoms with Crippen LogP contribution in [0.15, 0.2) is 18.2 Å². The normalized spacial score (nSPS) is 19.2. The first-order chi connectivity index (χ1) is 8.75. The lowest BCUT2D eigenvalue weighted by Crippen LogP contribution is -2.26. The van der Waals surface area contributed by atoms with Gasteiger partial charge >= 0.3 is 0 Å². The van der Waals surface area contributed by atoms with Crippen LogP contribution in [0.1, 0.15) is 33.1 Å². The topological polar surface area (TPSA) is 24.5 Å². The minimum absolute atomic E-state index is 0.218. The molecule has 1 heterocycles. The number of hydrogen-bond donors (Lipinski definition) is 1. The summed E-state index contributed by atoms with van der Waals surface area (Å²) in [5, 5.41) is 3.55. The van der Waals surface area contributed by atoms with E-state index in [9.17, 15) is 0 Å². The summed E-state index contributed by atoms with van der Waals surface area (Å²) in [6.07, 6.45) is 4.10. The van der Waals surface area contributed by atoms with Crippen molar-refractivity contribution in [3.05, 3.63) is 18.2 Å². The molecule has 1 N–H and O–H groups in total. The highest BCUT2D eigenvalue weighted by Gasteiger charge is 2.32. The van der Waals surface area contributed by atoms with Crippen LogP contribution in [0.5, 0.6) is 5.75 Å². The molecule has 0 amide bonds. The van der Waals surface area contributed by atoms with E-state index in [0.29, 0.717) is 0 Å². The first-order valence-corrected chi connectivity index (χ1v) is 7.06. The zero-order chi connectivity index (χ0) is 12.5. The van der Waals surface area contributed by atoms with Crippen LogP contribution in [-0.2, 0) is 0 Å². The van der Waals surface area contributed by atoms with E-state index in [-0.39, 0.29) is 6.10 Å². The summed E-state index contributed by atoms with van der Waals surface area (Å²) in [5.74, 6) is 0.995. The molecule has 2 aliphatic rings. The van der Waals surface area contributed by atoms with E-state index in [0.717, 1.165) is 24.9 Å². The largest absolute Gasteiger partial charge is 0.489 e. The number of para-hydroxylation sites is 1. The van der Waals surface area contributed by atoms with Gasteiger partial charge in [0.2, 0.25) is 0 Å². The van der Waals surface area contributed by atoms with Gasteiger partial charge in [0, 0.05) is 19.1 Å². The van der Waals surface area contributed by atoms with Gasteiger partial charge in [0.25, 0.3) is 0 Å². The Hall–Kier alpha value is -1.38. The highest BCUT2D eigenvalue weighted by molar-refractivity contribution is 5.77. The van der Waals surface area contributed by atoms with Crippen molar-refractivity contribution in [1.82, 2.24) is 0 Å². The Kier molecular flexibility index (Phi) is 3.06. The number of ether oxygens (including phenoxy) is 1. The number of nitrogens with zero attached hydrogens (tertiary/aromatic N) is 1. The van der Waals surface area contributed by atoms with Crippen LogP contribution >= 0.6 is 0 Å². The molecule has 0 radical (unpaired) electrons. The molecule has 1 aromatic carbocycles. The van der Waals surface area contributed by atoms with Crippen LogP contribution < -0.4 is 15.0 Å². The average molecular weight is 246 g/mol. The standard InChI is InChI=1S/C15H22N2O/c1-11(2)18-14-6-3-5-13-15(14)16-9-4-10-17(13)12-7-8-12/h3,5-6,11-12,16H,4,7-10H2,1-2H3. The number of nitrogens with one attached hydrogen (secondary N) is 1. The number of fused-ring (bicyclic) bond motifs is 1. The Morgan fingerprint density at radius 2 is 2.17 bits per heavy atom. The lowest BCUT2D eigenvalue weighted by Gasteiger charge is -2.25. The first-order valence-electron chi connectivity index (χ1n) is 7.06. The maximum absolute atomic E-state index is 5.93. The van der Waals surface area contributed by atoms with Crippen LogP contribution in [0.2, 0.25) is 0 Å². The SMILES string of the molecule is CC(C)Oc1cccc2c1NCCCN2C1CC1. The van der Waals surface area contributed by atoms with Gasteiger partial charge in [-0.1, -0.05) is 6.07 Å². The summed E-state index contributed by atoms with van der Waals surface area (Å²) in [7, 11) is 0. The lowest BCUT2D eigenvalue weighted by molar-refractivity contribution is 0.244. The first kappa shape index (κ1) is 11.7. The van der Waals surface area contributed by atoms with Gasteiger partial charge in [-0.25, -0.2) is 0 Å². The summed E-state index contributed by atoms with van der Waals surface area (Å²) in [4.78, 5) is 2.56. The minimum atomic E-state index is 0.218. The van der Waals surface area contributed by atoms with E-state index in [1.54, 1.807) is 0 Å². The molecule has 0 spiro atoms. The molecule has 1 saturated carbocycles. The fourth-order valence-corrected chi connectivity index (χ4v) is 2.64. The molecule has 0 unspecified atom stereocenters. The van der Waals surface area contributed by atoms with Crippen molar-refractivity contribution < 1.29 is 4.74 Å². The van der Waals surface area contributed by atoms with Crippen molar-refractivity contribution in [3.8, 4) is 5.75 Å². The minimum Gasteiger partial charge on any atom is -0.489 e. The highest BCUT2D eigenvalue weighted by atomic mass is 16.5. The molecule has 0 saturated heterocycles. The van der Waals surface area contributed by atoms with Gasteiger partial charge in [0.15, 0.2) is 0 Å². The van der Waals surface area contributed by atoms with Crippen molar-refractivity contribution >= 4 is 11.4 Å². The molecular formula is C15H22N2O. The predicted molar refractivity (Wildman–Crippen MR) is 75.7 cm³/mol. The molecule has 3 nitrogen and oxygen atoms in total. The molecule has 98 valence electrons. The molecule has 3 rings (SSSR count). The lowest BCUT2D eigenvalue weighted by atomic mass is 10.2. The van der Waals surface area contributed by atoms with Gasteiger partial charge in [-0.05, 0) is 45.2 Å². The Morgan fingerprint density at radius 3 is 2.89 bits per heavy atom. The van der Waals surface area contributed by atoms with Crippen LogP contribution in [-0.4, -0.2) is 25.2 Å². The number of rotatable bonds is 3. The second kappa shape index (κ2) is 4.71. The second-order valence-corrected chi connectivity index (χ2v) is 5.52. The molecule has 1 aliphatic heterocycles. The summed E-state index contributed by atoms with van der Waals surface area (Å²) in [6, 6.07) is 7.17. The molecule has 0 bridgehead atoms. The fraction of sp³-hybridized carbons (Fsp3) is 0.600. The Labute approximate surface area is 109 Å². The zero-order valence-corrected chi connectivity index (χ0v) is 11.3. The van der Waals surface area contributed by atoms with E-state index in [2.05, 4.69) is 42.3 Å². The van der Waals surface area contributed by atoms with E-state index >= 15 is 0 Å². The monoisotopic (exact) mass is 246 g/mol. The third-order valence-corrected chi connectivity index (χ3v) is 3.54. The zero-order valence-electron chi connectivity index (χ0n) is 11.3. The molecule has 1 fully saturated rings. The van der Waals surface area contributed by atoms with Crippen molar-refractivity contribution in [2.24, 2.45) is 0 Å². The van der Waals surface area contributed by atoms with Crippen molar-refractivity contribution in [2.75, 3.05) is 23.3 Å². The average Bonchev–Trinajstić information content (AvgIpc) is 3.13. The highest BCUT2D eigenvalue weighted by Crippen LogP contribution is 2.41. The molecule has 1 aliphatic carbocycles. The Morgan fingerprint density at radius 1 is 1.33 bits per heavy atom. The Bertz CT molecular complexity index is 427. The van der Waals surface area contributed by atoms with Crippen LogP contribution in [0.3, 0.4) is 0 Å². The van der Waals surface area contributed by atoms with Gasteiger partial charge in [-0.3, -0.25) is 0 Å². The predicted octanol–water partition coefficient (Wildman–Crippen LogP) is 3.26. The molecule has 18 heavy (non-hydrogen) atoms. The fourth-order valence-electron chi connectivity index (χ4n) is 2.64. The van der Waals surface area contributed by atoms with Gasteiger partial charge in [0.05, 0.1) is 11.8 Å². The van der Waals surface area contributed by atoms with Gasteiger partial charge in [0.1, 0.15) is 11.4 Å². The second-order valence-electron chi connectivity index (χ2n) is 5.52. The van der Waals surface area contributed by atoms with E-state index in [4.69, 9.17) is 4.74 Å². The van der Waals surface area contributed by atoms with Gasteiger partial charge < -0.3 is 15.0 Å². The molecular weight excluding hydrogens is 224 g/mol. The van der Waals surface area contributed by atoms with E-state index in [1.807, 2.05) is 0 Å². The Balaban J connectivity index is 1.96. The smallest absolute Gasteiger partial charge is 0.144 e. The third kappa shape index (κ3) is 2.26. The quantitative estimate of drug-likeness (QED) is 0.886. The molecule has 0 aromatic heterocycles. The summed E-state index contributed by atoms with van der Waals surface area (Å²) in [5.41, 5.74) is 2.52. The summed E-state index contributed by atoms with van der Waals surface area (Å²) in [6.45, 7) is 6.36. The van der Waals surface area contributed by atoms with E-state index in [1.165, 1.54) is 30.6 Å². The van der Waals surface area contributed by atoms with Gasteiger partial charge in [-0.15, -0.1) is 0 Å². The summed E-state index contributed by atoms with van der Waals surface area (Å²) < 4.78 is 5.93. The van der Waals surface area contributed by atoms with Crippen molar-refractivity contribution in [3.63, 3.8) is 0 Å². The molecule has 3 heteroatoms. The molecule has 0 atom stereocenters. The third-order valence-electron chi connectivity index (χ3n) is 3.54. The van der Waals surface area contributed by atoms with Crippen molar-refractivity contribution in [2.45, 2.75) is 45.3 Å². The molecule has 1 aromatic rings. The number of benzene rings is 1. The van der Waals surface area contributed by atoms with Gasteiger partial charge in [-0.2, -0.15) is 0 Å². The van der Waals surface area contributed by atoms with Crippen molar-refractivity contribution in [1.29, 1.82) is 0 Å². The number of hydrogen-bond acceptors (Lipinski definition) is 3. The van der Waals surface area contributed by atoms with Crippen LogP contribution in [0.25, 0.3) is 0 Å². The van der Waals surface area contributed by atoms with Crippen LogP contribution in [0.4, 0.5) is 11.4 Å². The van der Waals surface area contributed by atoms with E-state index < -0.39 is 0 Å². The maximum atomic E-state index is 5.93. The number of anilines is 2.